The number of hydrogen-bond donors (Lipinski definition) is 0. The van der Waals surface area contributed by atoms with Gasteiger partial charge in [-0.1, -0.05) is 11.8 Å². The highest BCUT2D eigenvalue weighted by molar-refractivity contribution is 5.79. The zero-order valence-electron chi connectivity index (χ0n) is 15.0. The normalized spacial score (nSPS) is 19.0. The lowest BCUT2D eigenvalue weighted by Crippen LogP contribution is -2.35. The number of hydrogen-bond acceptors (Lipinski definition) is 3. The summed E-state index contributed by atoms with van der Waals surface area (Å²) in [5.74, 6) is 5.73. The SMILES string of the molecule is CC1(Cn2cnc3cc(C#Cc4ccc(F)cc4)ccc3c2=O)CCCO1. The smallest absolute Gasteiger partial charge is 0.261 e. The number of halogens is 1. The molecule has 136 valence electrons. The van der Waals surface area contributed by atoms with Crippen molar-refractivity contribution in [1.29, 1.82) is 0 Å². The highest BCUT2D eigenvalue weighted by Gasteiger charge is 2.30. The van der Waals surface area contributed by atoms with Gasteiger partial charge in [-0.2, -0.15) is 0 Å². The third-order valence-electron chi connectivity index (χ3n) is 4.83. The molecule has 0 spiro atoms. The minimum atomic E-state index is -0.306. The first-order chi connectivity index (χ1) is 13.0. The van der Waals surface area contributed by atoms with Gasteiger partial charge in [0.05, 0.1) is 29.4 Å². The fourth-order valence-electron chi connectivity index (χ4n) is 3.35. The monoisotopic (exact) mass is 362 g/mol. The second-order valence-electron chi connectivity index (χ2n) is 7.07. The van der Waals surface area contributed by atoms with Crippen LogP contribution in [0.5, 0.6) is 0 Å². The number of rotatable bonds is 2. The van der Waals surface area contributed by atoms with E-state index in [1.54, 1.807) is 41.2 Å². The molecular weight excluding hydrogens is 343 g/mol. The van der Waals surface area contributed by atoms with Gasteiger partial charge in [0.2, 0.25) is 0 Å². The molecule has 1 unspecified atom stereocenters. The second kappa shape index (κ2) is 6.98. The molecule has 1 saturated heterocycles. The van der Waals surface area contributed by atoms with Crippen LogP contribution in [0.15, 0.2) is 53.6 Å². The van der Waals surface area contributed by atoms with Crippen LogP contribution in [0.3, 0.4) is 0 Å². The molecule has 0 amide bonds. The van der Waals surface area contributed by atoms with Crippen LogP contribution in [0.2, 0.25) is 0 Å². The molecule has 0 bridgehead atoms. The van der Waals surface area contributed by atoms with Crippen molar-refractivity contribution >= 4 is 10.9 Å². The van der Waals surface area contributed by atoms with Crippen molar-refractivity contribution in [2.75, 3.05) is 6.61 Å². The largest absolute Gasteiger partial charge is 0.373 e. The minimum Gasteiger partial charge on any atom is -0.373 e. The molecule has 4 nitrogen and oxygen atoms in total. The van der Waals surface area contributed by atoms with Crippen LogP contribution in [0.1, 0.15) is 30.9 Å². The first-order valence-electron chi connectivity index (χ1n) is 8.93. The third-order valence-corrected chi connectivity index (χ3v) is 4.83. The lowest BCUT2D eigenvalue weighted by atomic mass is 10.0. The van der Waals surface area contributed by atoms with Crippen LogP contribution < -0.4 is 5.56 Å². The third kappa shape index (κ3) is 3.76. The van der Waals surface area contributed by atoms with Gasteiger partial charge in [0.1, 0.15) is 5.82 Å². The minimum absolute atomic E-state index is 0.0743. The summed E-state index contributed by atoms with van der Waals surface area (Å²) >= 11 is 0. The zero-order chi connectivity index (χ0) is 18.9. The molecule has 1 aliphatic heterocycles. The molecule has 5 heteroatoms. The van der Waals surface area contributed by atoms with Crippen molar-refractivity contribution in [1.82, 2.24) is 9.55 Å². The van der Waals surface area contributed by atoms with Crippen LogP contribution in [-0.4, -0.2) is 21.8 Å². The van der Waals surface area contributed by atoms with E-state index >= 15 is 0 Å². The summed E-state index contributed by atoms with van der Waals surface area (Å²) in [7, 11) is 0. The lowest BCUT2D eigenvalue weighted by Gasteiger charge is -2.23. The summed E-state index contributed by atoms with van der Waals surface area (Å²) in [6, 6.07) is 11.4. The van der Waals surface area contributed by atoms with Crippen molar-refractivity contribution in [2.24, 2.45) is 0 Å². The van der Waals surface area contributed by atoms with Crippen molar-refractivity contribution < 1.29 is 9.13 Å². The number of nitrogens with zero attached hydrogens (tertiary/aromatic N) is 2. The lowest BCUT2D eigenvalue weighted by molar-refractivity contribution is 0.00538. The molecule has 1 atom stereocenters. The maximum atomic E-state index is 13.0. The van der Waals surface area contributed by atoms with E-state index in [2.05, 4.69) is 16.8 Å². The second-order valence-corrected chi connectivity index (χ2v) is 7.07. The Bertz CT molecular complexity index is 1100. The number of benzene rings is 2. The maximum absolute atomic E-state index is 13.0. The topological polar surface area (TPSA) is 44.1 Å². The number of ether oxygens (including phenoxy) is 1. The van der Waals surface area contributed by atoms with E-state index in [4.69, 9.17) is 4.74 Å². The summed E-state index contributed by atoms with van der Waals surface area (Å²) in [5.41, 5.74) is 1.71. The fourth-order valence-corrected chi connectivity index (χ4v) is 3.35. The Morgan fingerprint density at radius 1 is 1.19 bits per heavy atom. The van der Waals surface area contributed by atoms with Crippen LogP contribution in [0.25, 0.3) is 10.9 Å². The van der Waals surface area contributed by atoms with Gasteiger partial charge in [0.15, 0.2) is 0 Å². The molecule has 2 aromatic carbocycles. The predicted molar refractivity (Wildman–Crippen MR) is 102 cm³/mol. The van der Waals surface area contributed by atoms with Crippen LogP contribution in [-0.2, 0) is 11.3 Å². The molecule has 2 heterocycles. The molecule has 0 saturated carbocycles. The predicted octanol–water partition coefficient (Wildman–Crippen LogP) is 3.50. The molecule has 0 N–H and O–H groups in total. The van der Waals surface area contributed by atoms with Gasteiger partial charge < -0.3 is 4.74 Å². The van der Waals surface area contributed by atoms with E-state index in [-0.39, 0.29) is 17.0 Å². The van der Waals surface area contributed by atoms with E-state index in [0.717, 1.165) is 30.6 Å². The van der Waals surface area contributed by atoms with Crippen LogP contribution >= 0.6 is 0 Å². The summed E-state index contributed by atoms with van der Waals surface area (Å²) in [4.78, 5) is 17.2. The van der Waals surface area contributed by atoms with E-state index in [9.17, 15) is 9.18 Å². The van der Waals surface area contributed by atoms with E-state index in [1.165, 1.54) is 12.1 Å². The van der Waals surface area contributed by atoms with Crippen LogP contribution in [0.4, 0.5) is 4.39 Å². The van der Waals surface area contributed by atoms with Gasteiger partial charge >= 0.3 is 0 Å². The molecule has 4 rings (SSSR count). The summed E-state index contributed by atoms with van der Waals surface area (Å²) < 4.78 is 20.4. The number of aromatic nitrogens is 2. The van der Waals surface area contributed by atoms with Crippen molar-refractivity contribution in [2.45, 2.75) is 31.9 Å². The molecule has 0 radical (unpaired) electrons. The van der Waals surface area contributed by atoms with Crippen molar-refractivity contribution in [3.05, 3.63) is 76.1 Å². The average Bonchev–Trinajstić information content (AvgIpc) is 3.10. The van der Waals surface area contributed by atoms with Crippen molar-refractivity contribution in [3.63, 3.8) is 0 Å². The Kier molecular flexibility index (Phi) is 4.51. The molecule has 1 fully saturated rings. The van der Waals surface area contributed by atoms with E-state index in [0.29, 0.717) is 17.4 Å². The van der Waals surface area contributed by atoms with E-state index < -0.39 is 0 Å². The molecule has 27 heavy (non-hydrogen) atoms. The Labute approximate surface area is 156 Å². The highest BCUT2D eigenvalue weighted by atomic mass is 19.1. The summed E-state index contributed by atoms with van der Waals surface area (Å²) in [6.45, 7) is 3.27. The zero-order valence-corrected chi connectivity index (χ0v) is 15.0. The van der Waals surface area contributed by atoms with Gasteiger partial charge in [0.25, 0.3) is 5.56 Å². The molecule has 1 aliphatic rings. The Hall–Kier alpha value is -2.97. The summed E-state index contributed by atoms with van der Waals surface area (Å²) in [5, 5.41) is 0.562. The fraction of sp³-hybridized carbons (Fsp3) is 0.273. The first kappa shape index (κ1) is 17.4. The first-order valence-corrected chi connectivity index (χ1v) is 8.93. The van der Waals surface area contributed by atoms with Gasteiger partial charge in [-0.3, -0.25) is 9.36 Å². The maximum Gasteiger partial charge on any atom is 0.261 e. The Morgan fingerprint density at radius 2 is 1.93 bits per heavy atom. The Balaban J connectivity index is 1.63. The quantitative estimate of drug-likeness (QED) is 0.656. The number of fused-ring (bicyclic) bond motifs is 1. The molecule has 0 aliphatic carbocycles. The molecular formula is C22H19FN2O2. The van der Waals surface area contributed by atoms with Gasteiger partial charge in [0, 0.05) is 17.7 Å². The van der Waals surface area contributed by atoms with E-state index in [1.807, 2.05) is 6.92 Å². The average molecular weight is 362 g/mol. The summed E-state index contributed by atoms with van der Waals surface area (Å²) in [6.07, 6.45) is 3.53. The van der Waals surface area contributed by atoms with Crippen molar-refractivity contribution in [3.8, 4) is 11.8 Å². The van der Waals surface area contributed by atoms with Gasteiger partial charge in [-0.25, -0.2) is 9.37 Å². The van der Waals surface area contributed by atoms with Gasteiger partial charge in [-0.15, -0.1) is 0 Å². The molecule has 1 aromatic heterocycles. The highest BCUT2D eigenvalue weighted by Crippen LogP contribution is 2.26. The Morgan fingerprint density at radius 3 is 2.67 bits per heavy atom. The molecule has 3 aromatic rings. The van der Waals surface area contributed by atoms with Crippen LogP contribution in [0, 0.1) is 17.7 Å². The van der Waals surface area contributed by atoms with Gasteiger partial charge in [-0.05, 0) is 62.2 Å². The standard InChI is InChI=1S/C22H19FN2O2/c1-22(11-2-12-27-22)14-25-15-24-20-13-17(7-10-19(20)21(25)26)4-3-16-5-8-18(23)9-6-16/h5-10,13,15H,2,11-12,14H2,1H3.